The highest BCUT2D eigenvalue weighted by Gasteiger charge is 2.75. The summed E-state index contributed by atoms with van der Waals surface area (Å²) in [5.74, 6) is -4.17. The molecule has 0 saturated carbocycles. The number of aliphatic hydroxyl groups excluding tert-OH is 1. The summed E-state index contributed by atoms with van der Waals surface area (Å²) in [4.78, 5) is 64.1. The number of hydrogen-bond acceptors (Lipinski definition) is 9. The van der Waals surface area contributed by atoms with E-state index in [0.717, 1.165) is 19.3 Å². The molecule has 0 radical (unpaired) electrons. The summed E-state index contributed by atoms with van der Waals surface area (Å²) in [5, 5.41) is 47.4. The number of carboxylic acids is 3. The minimum Gasteiger partial charge on any atom is -0.481 e. The molecule has 2 aliphatic rings. The minimum atomic E-state index is -2.16. The van der Waals surface area contributed by atoms with Crippen molar-refractivity contribution < 1.29 is 39.6 Å². The Morgan fingerprint density at radius 3 is 1.75 bits per heavy atom. The monoisotopic (exact) mass is 709 g/mol. The van der Waals surface area contributed by atoms with Gasteiger partial charge in [-0.05, 0) is 57.0 Å². The van der Waals surface area contributed by atoms with Crippen LogP contribution in [0.15, 0.2) is 48.8 Å². The van der Waals surface area contributed by atoms with E-state index in [4.69, 9.17) is 0 Å². The van der Waals surface area contributed by atoms with Crippen LogP contribution in [0.1, 0.15) is 114 Å². The van der Waals surface area contributed by atoms with Crippen LogP contribution < -0.4 is 5.32 Å². The fourth-order valence-corrected chi connectivity index (χ4v) is 8.39. The molecule has 13 nitrogen and oxygen atoms in total. The van der Waals surface area contributed by atoms with E-state index in [-0.39, 0.29) is 12.3 Å². The van der Waals surface area contributed by atoms with Gasteiger partial charge in [0.2, 0.25) is 5.91 Å². The molecule has 2 bridgehead atoms. The maximum atomic E-state index is 13.5. The molecule has 280 valence electrons. The summed E-state index contributed by atoms with van der Waals surface area (Å²) in [6.45, 7) is 1.72. The number of hydrogen-bond donors (Lipinski definition) is 5. The first-order valence-corrected chi connectivity index (χ1v) is 18.4. The van der Waals surface area contributed by atoms with Gasteiger partial charge in [-0.2, -0.15) is 0 Å². The highest BCUT2D eigenvalue weighted by atomic mass is 16.4. The maximum Gasteiger partial charge on any atom is 0.320 e. The molecule has 4 heterocycles. The van der Waals surface area contributed by atoms with Gasteiger partial charge in [-0.3, -0.25) is 38.9 Å². The molecule has 4 rings (SSSR count). The first-order chi connectivity index (χ1) is 24.5. The zero-order valence-electron chi connectivity index (χ0n) is 30.0. The van der Waals surface area contributed by atoms with Gasteiger partial charge in [0.05, 0.1) is 29.6 Å². The summed E-state index contributed by atoms with van der Waals surface area (Å²) >= 11 is 0. The number of unbranched alkanes of at least 4 members (excludes halogenated alkanes) is 9. The molecule has 2 saturated heterocycles. The van der Waals surface area contributed by atoms with Gasteiger partial charge in [0.25, 0.3) is 0 Å². The van der Waals surface area contributed by atoms with Gasteiger partial charge in [-0.25, -0.2) is 0 Å². The smallest absolute Gasteiger partial charge is 0.320 e. The Bertz CT molecular complexity index is 1370. The van der Waals surface area contributed by atoms with Crippen molar-refractivity contribution in [2.24, 2.45) is 10.8 Å². The Labute approximate surface area is 300 Å². The molecule has 1 amide bonds. The van der Waals surface area contributed by atoms with Gasteiger partial charge in [0.1, 0.15) is 16.9 Å². The van der Waals surface area contributed by atoms with E-state index in [0.29, 0.717) is 37.2 Å². The standard InChI is InChI=1S/C38H55N5O8/c1-3-4-5-6-7-8-9-10-11-21-30(44)41-24-17-14-20-29(33(45)46)43-25-37(35(48)49)31(27-18-12-15-22-39-27)42(2)32(28-19-13-16-23-40-28)38(26-43,34(37)47)36(50)51/h12-13,15-16,18-19,22-23,29,31-32,34,47H,3-11,14,17,20-21,24-26H2,1-2H3,(H,41,44)(H,45,46)(H,48,49)(H,50,51)/t29-,31-,32?,34?,37?,38?/m0/s1. The third-order valence-corrected chi connectivity index (χ3v) is 10.9. The lowest BCUT2D eigenvalue weighted by Gasteiger charge is -2.64. The van der Waals surface area contributed by atoms with Crippen LogP contribution in [0.2, 0.25) is 0 Å². The fourth-order valence-electron chi connectivity index (χ4n) is 8.39. The van der Waals surface area contributed by atoms with Crippen molar-refractivity contribution in [3.05, 3.63) is 60.2 Å². The number of carbonyl (C=O) groups is 4. The van der Waals surface area contributed by atoms with Crippen molar-refractivity contribution in [3.63, 3.8) is 0 Å². The highest BCUT2D eigenvalue weighted by Crippen LogP contribution is 2.62. The number of aliphatic carboxylic acids is 3. The number of aromatic nitrogens is 2. The lowest BCUT2D eigenvalue weighted by atomic mass is 9.53. The number of rotatable bonds is 21. The molecule has 13 heteroatoms. The lowest BCUT2D eigenvalue weighted by Crippen LogP contribution is -2.78. The zero-order valence-corrected chi connectivity index (χ0v) is 30.0. The van der Waals surface area contributed by atoms with Crippen LogP contribution >= 0.6 is 0 Å². The van der Waals surface area contributed by atoms with E-state index in [1.54, 1.807) is 48.3 Å². The second-order valence-corrected chi connectivity index (χ2v) is 14.3. The van der Waals surface area contributed by atoms with Crippen molar-refractivity contribution in [3.8, 4) is 0 Å². The summed E-state index contributed by atoms with van der Waals surface area (Å²) < 4.78 is 0. The number of pyridine rings is 2. The fraction of sp³-hybridized carbons (Fsp3) is 0.632. The third-order valence-electron chi connectivity index (χ3n) is 10.9. The topological polar surface area (TPSA) is 193 Å². The number of carboxylic acid groups (broad SMARTS) is 3. The van der Waals surface area contributed by atoms with Crippen molar-refractivity contribution in [2.75, 3.05) is 26.7 Å². The molecular formula is C38H55N5O8. The van der Waals surface area contributed by atoms with Gasteiger partial charge in [-0.1, -0.05) is 70.4 Å². The van der Waals surface area contributed by atoms with E-state index in [9.17, 15) is 39.6 Å². The molecule has 2 fully saturated rings. The van der Waals surface area contributed by atoms with Gasteiger partial charge in [0, 0.05) is 38.4 Å². The van der Waals surface area contributed by atoms with Gasteiger partial charge >= 0.3 is 17.9 Å². The Morgan fingerprint density at radius 2 is 1.29 bits per heavy atom. The first-order valence-electron chi connectivity index (χ1n) is 18.4. The molecule has 5 N–H and O–H groups in total. The van der Waals surface area contributed by atoms with Gasteiger partial charge in [0.15, 0.2) is 0 Å². The normalized spacial score (nSPS) is 25.6. The molecule has 0 spiro atoms. The largest absolute Gasteiger partial charge is 0.481 e. The summed E-state index contributed by atoms with van der Waals surface area (Å²) in [7, 11) is 1.61. The third kappa shape index (κ3) is 8.75. The molecule has 2 aliphatic heterocycles. The number of amides is 1. The average Bonchev–Trinajstić information content (AvgIpc) is 3.10. The molecular weight excluding hydrogens is 654 g/mol. The van der Waals surface area contributed by atoms with E-state index in [1.807, 2.05) is 0 Å². The van der Waals surface area contributed by atoms with E-state index < -0.39 is 66.1 Å². The van der Waals surface area contributed by atoms with Gasteiger partial charge in [-0.15, -0.1) is 0 Å². The second kappa shape index (κ2) is 18.5. The number of nitrogens with one attached hydrogen (secondary N) is 1. The molecule has 2 aromatic rings. The van der Waals surface area contributed by atoms with E-state index in [2.05, 4.69) is 22.2 Å². The van der Waals surface area contributed by atoms with Crippen molar-refractivity contribution in [1.29, 1.82) is 0 Å². The number of likely N-dealkylation sites (tertiary alicyclic amines) is 2. The van der Waals surface area contributed by atoms with Crippen LogP contribution in [0.25, 0.3) is 0 Å². The van der Waals surface area contributed by atoms with Crippen molar-refractivity contribution in [1.82, 2.24) is 25.1 Å². The number of nitrogens with zero attached hydrogens (tertiary/aromatic N) is 4. The summed E-state index contributed by atoms with van der Waals surface area (Å²) in [6, 6.07) is 6.44. The number of aliphatic hydroxyl groups is 1. The van der Waals surface area contributed by atoms with Crippen LogP contribution in [-0.2, 0) is 19.2 Å². The predicted octanol–water partition coefficient (Wildman–Crippen LogP) is 4.68. The lowest BCUT2D eigenvalue weighted by molar-refractivity contribution is -0.250. The molecule has 4 unspecified atom stereocenters. The first kappa shape index (κ1) is 39.8. The molecule has 2 aromatic heterocycles. The Kier molecular flexibility index (Phi) is 14.5. The minimum absolute atomic E-state index is 0.0392. The quantitative estimate of drug-likeness (QED) is 0.113. The number of carbonyl (C=O) groups excluding carboxylic acids is 1. The zero-order chi connectivity index (χ0) is 37.0. The number of piperidine rings is 2. The van der Waals surface area contributed by atoms with Crippen LogP contribution in [0, 0.1) is 10.8 Å². The summed E-state index contributed by atoms with van der Waals surface area (Å²) in [5.41, 5.74) is -3.73. The SMILES string of the molecule is CCCCCCCCCCCC(=O)NCCCC[C@@H](C(=O)O)N1CC2(C(=O)O)C(c3ccccn3)N(C)[C@@H](c3ccccn3)C(C(=O)O)(C1)C2O. The predicted molar refractivity (Wildman–Crippen MR) is 190 cm³/mol. The second-order valence-electron chi connectivity index (χ2n) is 14.3. The van der Waals surface area contributed by atoms with Crippen molar-refractivity contribution in [2.45, 2.75) is 115 Å². The highest BCUT2D eigenvalue weighted by molar-refractivity contribution is 5.85. The van der Waals surface area contributed by atoms with Crippen LogP contribution in [0.3, 0.4) is 0 Å². The van der Waals surface area contributed by atoms with Crippen LogP contribution in [0.5, 0.6) is 0 Å². The maximum absolute atomic E-state index is 13.5. The molecule has 0 aliphatic carbocycles. The van der Waals surface area contributed by atoms with Crippen molar-refractivity contribution >= 4 is 23.8 Å². The van der Waals surface area contributed by atoms with E-state index in [1.165, 1.54) is 55.8 Å². The molecule has 0 aromatic carbocycles. The Hall–Kier alpha value is -3.94. The number of fused-ring (bicyclic) bond motifs is 2. The Morgan fingerprint density at radius 1 is 0.784 bits per heavy atom. The molecule has 51 heavy (non-hydrogen) atoms. The van der Waals surface area contributed by atoms with Crippen LogP contribution in [0.4, 0.5) is 0 Å². The van der Waals surface area contributed by atoms with E-state index >= 15 is 0 Å². The summed E-state index contributed by atoms with van der Waals surface area (Å²) in [6.07, 6.45) is 13.0. The molecule has 6 atom stereocenters. The van der Waals surface area contributed by atoms with Gasteiger partial charge < -0.3 is 25.7 Å². The Balaban J connectivity index is 1.49. The average molecular weight is 710 g/mol. The van der Waals surface area contributed by atoms with Crippen LogP contribution in [-0.4, -0.2) is 103 Å².